The molecule has 0 unspecified atom stereocenters. The standard InChI is InChI=1S/C13H20N4O2/c1-13(2)10(8-11(18)17(13)3)12(19)14-6-4-9-5-7-15-16-9/h5,7,10H,4,6,8H2,1-3H3,(H,14,19)(H,15,16)/t10-/m1/s1. The minimum absolute atomic E-state index is 0.0266. The SMILES string of the molecule is CN1C(=O)C[C@H](C(=O)NCCc2ccn[nH]2)C1(C)C. The summed E-state index contributed by atoms with van der Waals surface area (Å²) in [5.74, 6) is -0.312. The Morgan fingerprint density at radius 1 is 1.63 bits per heavy atom. The van der Waals surface area contributed by atoms with Crippen LogP contribution < -0.4 is 5.32 Å². The molecule has 1 saturated heterocycles. The molecule has 0 aliphatic carbocycles. The summed E-state index contributed by atoms with van der Waals surface area (Å²) in [7, 11) is 1.75. The number of carbonyl (C=O) groups excluding carboxylic acids is 2. The Morgan fingerprint density at radius 3 is 2.89 bits per heavy atom. The maximum absolute atomic E-state index is 12.2. The summed E-state index contributed by atoms with van der Waals surface area (Å²) < 4.78 is 0. The van der Waals surface area contributed by atoms with Crippen molar-refractivity contribution in [2.24, 2.45) is 5.92 Å². The summed E-state index contributed by atoms with van der Waals surface area (Å²) >= 11 is 0. The van der Waals surface area contributed by atoms with Gasteiger partial charge in [0.05, 0.1) is 5.92 Å². The third-order valence-corrected chi connectivity index (χ3v) is 4.04. The van der Waals surface area contributed by atoms with Gasteiger partial charge in [-0.3, -0.25) is 14.7 Å². The number of nitrogens with zero attached hydrogens (tertiary/aromatic N) is 2. The Kier molecular flexibility index (Phi) is 3.59. The van der Waals surface area contributed by atoms with Gasteiger partial charge in [0.1, 0.15) is 0 Å². The molecule has 104 valence electrons. The van der Waals surface area contributed by atoms with Gasteiger partial charge in [0, 0.05) is 43.9 Å². The summed E-state index contributed by atoms with van der Waals surface area (Å²) in [4.78, 5) is 25.5. The first kappa shape index (κ1) is 13.6. The van der Waals surface area contributed by atoms with E-state index in [-0.39, 0.29) is 17.7 Å². The normalized spacial score (nSPS) is 21.7. The highest BCUT2D eigenvalue weighted by Gasteiger charge is 2.47. The van der Waals surface area contributed by atoms with E-state index < -0.39 is 5.54 Å². The van der Waals surface area contributed by atoms with Gasteiger partial charge < -0.3 is 10.2 Å². The van der Waals surface area contributed by atoms with Crippen molar-refractivity contribution in [3.05, 3.63) is 18.0 Å². The maximum atomic E-state index is 12.2. The largest absolute Gasteiger partial charge is 0.355 e. The third kappa shape index (κ3) is 2.62. The molecule has 0 bridgehead atoms. The number of amides is 2. The number of aromatic amines is 1. The smallest absolute Gasteiger partial charge is 0.226 e. The lowest BCUT2D eigenvalue weighted by molar-refractivity contribution is -0.128. The van der Waals surface area contributed by atoms with Gasteiger partial charge in [0.25, 0.3) is 0 Å². The van der Waals surface area contributed by atoms with E-state index in [9.17, 15) is 9.59 Å². The number of hydrogen-bond donors (Lipinski definition) is 2. The second kappa shape index (κ2) is 5.03. The number of hydrogen-bond acceptors (Lipinski definition) is 3. The number of nitrogens with one attached hydrogen (secondary N) is 2. The predicted octanol–water partition coefficient (Wildman–Crippen LogP) is 0.325. The van der Waals surface area contributed by atoms with Crippen molar-refractivity contribution in [3.63, 3.8) is 0 Å². The zero-order valence-electron chi connectivity index (χ0n) is 11.6. The Labute approximate surface area is 112 Å². The fourth-order valence-corrected chi connectivity index (χ4v) is 2.40. The van der Waals surface area contributed by atoms with Gasteiger partial charge in [0.2, 0.25) is 11.8 Å². The molecule has 1 fully saturated rings. The van der Waals surface area contributed by atoms with Gasteiger partial charge in [-0.05, 0) is 19.9 Å². The van der Waals surface area contributed by atoms with Crippen molar-refractivity contribution >= 4 is 11.8 Å². The first-order valence-corrected chi connectivity index (χ1v) is 6.45. The lowest BCUT2D eigenvalue weighted by Gasteiger charge is -2.32. The van der Waals surface area contributed by atoms with Crippen molar-refractivity contribution in [2.75, 3.05) is 13.6 Å². The van der Waals surface area contributed by atoms with Crippen molar-refractivity contribution in [2.45, 2.75) is 32.2 Å². The predicted molar refractivity (Wildman–Crippen MR) is 70.3 cm³/mol. The highest BCUT2D eigenvalue weighted by Crippen LogP contribution is 2.34. The lowest BCUT2D eigenvalue weighted by atomic mass is 9.88. The molecule has 1 aliphatic heterocycles. The highest BCUT2D eigenvalue weighted by atomic mass is 16.2. The topological polar surface area (TPSA) is 78.1 Å². The van der Waals surface area contributed by atoms with E-state index in [1.165, 1.54) is 0 Å². The Bertz CT molecular complexity index is 467. The molecule has 2 N–H and O–H groups in total. The molecule has 6 nitrogen and oxygen atoms in total. The van der Waals surface area contributed by atoms with E-state index >= 15 is 0 Å². The average molecular weight is 264 g/mol. The van der Waals surface area contributed by atoms with Crippen LogP contribution in [-0.2, 0) is 16.0 Å². The summed E-state index contributed by atoms with van der Waals surface area (Å²) in [6.07, 6.45) is 2.69. The van der Waals surface area contributed by atoms with Crippen LogP contribution in [0.5, 0.6) is 0 Å². The highest BCUT2D eigenvalue weighted by molar-refractivity contribution is 5.90. The molecule has 1 aromatic rings. The van der Waals surface area contributed by atoms with Gasteiger partial charge in [-0.25, -0.2) is 0 Å². The molecule has 19 heavy (non-hydrogen) atoms. The van der Waals surface area contributed by atoms with Gasteiger partial charge in [-0.15, -0.1) is 0 Å². The van der Waals surface area contributed by atoms with Crippen LogP contribution in [0.3, 0.4) is 0 Å². The number of aromatic nitrogens is 2. The monoisotopic (exact) mass is 264 g/mol. The minimum atomic E-state index is -0.421. The molecule has 6 heteroatoms. The van der Waals surface area contributed by atoms with Gasteiger partial charge in [0.15, 0.2) is 0 Å². The van der Waals surface area contributed by atoms with Crippen LogP contribution in [0.15, 0.2) is 12.3 Å². The number of likely N-dealkylation sites (tertiary alicyclic amines) is 1. The van der Waals surface area contributed by atoms with Gasteiger partial charge >= 0.3 is 0 Å². The molecule has 2 rings (SSSR count). The molecule has 2 amide bonds. The second-order valence-corrected chi connectivity index (χ2v) is 5.49. The Balaban J connectivity index is 1.88. The number of rotatable bonds is 4. The molecule has 0 spiro atoms. The lowest BCUT2D eigenvalue weighted by Crippen LogP contribution is -2.47. The van der Waals surface area contributed by atoms with Crippen molar-refractivity contribution in [1.82, 2.24) is 20.4 Å². The van der Waals surface area contributed by atoms with Crippen LogP contribution in [0, 0.1) is 5.92 Å². The zero-order chi connectivity index (χ0) is 14.0. The minimum Gasteiger partial charge on any atom is -0.355 e. The van der Waals surface area contributed by atoms with Crippen LogP contribution in [0.2, 0.25) is 0 Å². The van der Waals surface area contributed by atoms with Crippen LogP contribution in [0.25, 0.3) is 0 Å². The molecule has 2 heterocycles. The first-order chi connectivity index (χ1) is 8.93. The molecule has 0 radical (unpaired) electrons. The van der Waals surface area contributed by atoms with Crippen molar-refractivity contribution in [1.29, 1.82) is 0 Å². The van der Waals surface area contributed by atoms with Gasteiger partial charge in [-0.2, -0.15) is 5.10 Å². The molecular weight excluding hydrogens is 244 g/mol. The Morgan fingerprint density at radius 2 is 2.37 bits per heavy atom. The quantitative estimate of drug-likeness (QED) is 0.822. The fourth-order valence-electron chi connectivity index (χ4n) is 2.40. The molecule has 1 aromatic heterocycles. The second-order valence-electron chi connectivity index (χ2n) is 5.49. The Hall–Kier alpha value is -1.85. The summed E-state index contributed by atoms with van der Waals surface area (Å²) in [6.45, 7) is 4.40. The molecule has 0 saturated carbocycles. The average Bonchev–Trinajstić information content (AvgIpc) is 2.93. The van der Waals surface area contributed by atoms with E-state index in [1.807, 2.05) is 19.9 Å². The molecule has 0 aromatic carbocycles. The van der Waals surface area contributed by atoms with E-state index in [2.05, 4.69) is 15.5 Å². The summed E-state index contributed by atoms with van der Waals surface area (Å²) in [5.41, 5.74) is 0.564. The number of H-pyrrole nitrogens is 1. The van der Waals surface area contributed by atoms with E-state index in [4.69, 9.17) is 0 Å². The molecule has 1 aliphatic rings. The molecule has 1 atom stereocenters. The third-order valence-electron chi connectivity index (χ3n) is 4.04. The zero-order valence-corrected chi connectivity index (χ0v) is 11.6. The summed E-state index contributed by atoms with van der Waals surface area (Å²) in [6, 6.07) is 1.88. The van der Waals surface area contributed by atoms with E-state index in [0.29, 0.717) is 19.4 Å². The van der Waals surface area contributed by atoms with Crippen LogP contribution in [0.4, 0.5) is 0 Å². The van der Waals surface area contributed by atoms with Crippen LogP contribution >= 0.6 is 0 Å². The summed E-state index contributed by atoms with van der Waals surface area (Å²) in [5, 5.41) is 9.59. The van der Waals surface area contributed by atoms with Crippen LogP contribution in [0.1, 0.15) is 26.0 Å². The fraction of sp³-hybridized carbons (Fsp3) is 0.615. The molecular formula is C13H20N4O2. The number of carbonyl (C=O) groups is 2. The van der Waals surface area contributed by atoms with E-state index in [1.54, 1.807) is 18.1 Å². The van der Waals surface area contributed by atoms with Crippen molar-refractivity contribution < 1.29 is 9.59 Å². The van der Waals surface area contributed by atoms with E-state index in [0.717, 1.165) is 5.69 Å². The van der Waals surface area contributed by atoms with Crippen LogP contribution in [-0.4, -0.2) is 46.0 Å². The van der Waals surface area contributed by atoms with Gasteiger partial charge in [-0.1, -0.05) is 0 Å². The maximum Gasteiger partial charge on any atom is 0.226 e. The van der Waals surface area contributed by atoms with Crippen molar-refractivity contribution in [3.8, 4) is 0 Å². The first-order valence-electron chi connectivity index (χ1n) is 6.45.